The summed E-state index contributed by atoms with van der Waals surface area (Å²) in [6.07, 6.45) is 4.13. The number of hydrogen-bond donors (Lipinski definition) is 1. The van der Waals surface area contributed by atoms with Crippen LogP contribution < -0.4 is 5.32 Å². The van der Waals surface area contributed by atoms with Crippen molar-refractivity contribution in [1.29, 1.82) is 0 Å². The van der Waals surface area contributed by atoms with Gasteiger partial charge in [0.15, 0.2) is 0 Å². The lowest BCUT2D eigenvalue weighted by atomic mass is 9.96. The fourth-order valence-electron chi connectivity index (χ4n) is 2.60. The maximum absolute atomic E-state index is 12.5. The lowest BCUT2D eigenvalue weighted by Gasteiger charge is -2.16. The second-order valence-corrected chi connectivity index (χ2v) is 5.44. The topological polar surface area (TPSA) is 86.9 Å². The molecule has 0 bridgehead atoms. The van der Waals surface area contributed by atoms with Crippen molar-refractivity contribution in [2.24, 2.45) is 13.0 Å². The van der Waals surface area contributed by atoms with E-state index in [1.54, 1.807) is 10.8 Å². The zero-order chi connectivity index (χ0) is 15.7. The number of nitrogens with zero attached hydrogens (tertiary/aromatic N) is 5. The molecule has 1 aliphatic heterocycles. The molecule has 3 rings (SSSR count). The van der Waals surface area contributed by atoms with Crippen LogP contribution in [0.1, 0.15) is 30.8 Å². The Morgan fingerprint density at radius 2 is 2.32 bits per heavy atom. The van der Waals surface area contributed by atoms with Gasteiger partial charge in [-0.25, -0.2) is 0 Å². The molecule has 2 atom stereocenters. The molecule has 2 aromatic heterocycles. The standard InChI is InChI=1S/C14H20N6O2/c1-4-20-8-10(7-15-20)12-11(5-6-22-12)13(21)16-14-18-17-9(2)19(14)3/h7-8,11-12H,4-6H2,1-3H3,(H,16,18,21)/t11-,12+/m0/s1. The molecule has 0 unspecified atom stereocenters. The summed E-state index contributed by atoms with van der Waals surface area (Å²) in [6.45, 7) is 5.22. The number of carbonyl (C=O) groups is 1. The van der Waals surface area contributed by atoms with Crippen LogP contribution in [0.2, 0.25) is 0 Å². The Kier molecular flexibility index (Phi) is 3.93. The van der Waals surface area contributed by atoms with Crippen LogP contribution in [0.4, 0.5) is 5.95 Å². The third kappa shape index (κ3) is 2.61. The molecule has 8 heteroatoms. The van der Waals surface area contributed by atoms with Crippen LogP contribution in [-0.2, 0) is 23.1 Å². The minimum Gasteiger partial charge on any atom is -0.373 e. The average Bonchev–Trinajstić information content (AvgIpc) is 3.22. The van der Waals surface area contributed by atoms with E-state index in [1.165, 1.54) is 0 Å². The third-order valence-corrected chi connectivity index (χ3v) is 4.06. The van der Waals surface area contributed by atoms with Gasteiger partial charge in [-0.2, -0.15) is 5.10 Å². The second-order valence-electron chi connectivity index (χ2n) is 5.44. The maximum Gasteiger partial charge on any atom is 0.232 e. The van der Waals surface area contributed by atoms with E-state index in [-0.39, 0.29) is 17.9 Å². The lowest BCUT2D eigenvalue weighted by molar-refractivity contribution is -0.121. The number of carbonyl (C=O) groups excluding carboxylic acids is 1. The first-order chi connectivity index (χ1) is 10.6. The summed E-state index contributed by atoms with van der Waals surface area (Å²) in [7, 11) is 1.82. The van der Waals surface area contributed by atoms with Gasteiger partial charge in [0.25, 0.3) is 0 Å². The summed E-state index contributed by atoms with van der Waals surface area (Å²) in [5, 5.41) is 15.0. The van der Waals surface area contributed by atoms with Crippen molar-refractivity contribution in [3.63, 3.8) is 0 Å². The Morgan fingerprint density at radius 1 is 1.50 bits per heavy atom. The molecule has 1 fully saturated rings. The molecule has 22 heavy (non-hydrogen) atoms. The molecular formula is C14H20N6O2. The predicted molar refractivity (Wildman–Crippen MR) is 79.1 cm³/mol. The molecule has 8 nitrogen and oxygen atoms in total. The third-order valence-electron chi connectivity index (χ3n) is 4.06. The van der Waals surface area contributed by atoms with Gasteiger partial charge in [-0.3, -0.25) is 14.8 Å². The number of aromatic nitrogens is 5. The highest BCUT2D eigenvalue weighted by Crippen LogP contribution is 2.35. The van der Waals surface area contributed by atoms with Gasteiger partial charge >= 0.3 is 0 Å². The van der Waals surface area contributed by atoms with Crippen molar-refractivity contribution in [1.82, 2.24) is 24.5 Å². The fourth-order valence-corrected chi connectivity index (χ4v) is 2.60. The minimum absolute atomic E-state index is 0.0951. The van der Waals surface area contributed by atoms with Gasteiger partial charge in [-0.15, -0.1) is 10.2 Å². The smallest absolute Gasteiger partial charge is 0.232 e. The highest BCUT2D eigenvalue weighted by molar-refractivity contribution is 5.91. The monoisotopic (exact) mass is 304 g/mol. The van der Waals surface area contributed by atoms with Crippen molar-refractivity contribution in [2.75, 3.05) is 11.9 Å². The van der Waals surface area contributed by atoms with Crippen LogP contribution in [0, 0.1) is 12.8 Å². The first-order valence-electron chi connectivity index (χ1n) is 7.41. The quantitative estimate of drug-likeness (QED) is 0.912. The SMILES string of the molecule is CCn1cc([C@H]2OCC[C@@H]2C(=O)Nc2nnc(C)n2C)cn1. The van der Waals surface area contributed by atoms with E-state index in [0.29, 0.717) is 19.0 Å². The summed E-state index contributed by atoms with van der Waals surface area (Å²) < 4.78 is 9.33. The van der Waals surface area contributed by atoms with Gasteiger partial charge in [0.2, 0.25) is 11.9 Å². The molecule has 1 saturated heterocycles. The molecule has 0 spiro atoms. The number of aryl methyl sites for hydroxylation is 2. The first kappa shape index (κ1) is 14.7. The van der Waals surface area contributed by atoms with Gasteiger partial charge in [-0.1, -0.05) is 0 Å². The molecule has 2 aromatic rings. The molecule has 0 radical (unpaired) electrons. The molecule has 0 saturated carbocycles. The average molecular weight is 304 g/mol. The van der Waals surface area contributed by atoms with E-state index >= 15 is 0 Å². The van der Waals surface area contributed by atoms with Crippen molar-refractivity contribution in [2.45, 2.75) is 32.9 Å². The van der Waals surface area contributed by atoms with E-state index < -0.39 is 0 Å². The largest absolute Gasteiger partial charge is 0.373 e. The summed E-state index contributed by atoms with van der Waals surface area (Å²) >= 11 is 0. The fraction of sp³-hybridized carbons (Fsp3) is 0.571. The van der Waals surface area contributed by atoms with E-state index in [2.05, 4.69) is 20.6 Å². The number of anilines is 1. The van der Waals surface area contributed by atoms with Crippen LogP contribution in [0.25, 0.3) is 0 Å². The Morgan fingerprint density at radius 3 is 2.95 bits per heavy atom. The van der Waals surface area contributed by atoms with Crippen molar-refractivity contribution in [3.05, 3.63) is 23.8 Å². The highest BCUT2D eigenvalue weighted by atomic mass is 16.5. The van der Waals surface area contributed by atoms with Crippen LogP contribution in [-0.4, -0.2) is 37.1 Å². The molecule has 3 heterocycles. The highest BCUT2D eigenvalue weighted by Gasteiger charge is 2.36. The van der Waals surface area contributed by atoms with E-state index in [1.807, 2.05) is 31.8 Å². The van der Waals surface area contributed by atoms with E-state index in [4.69, 9.17) is 4.74 Å². The Labute approximate surface area is 128 Å². The first-order valence-corrected chi connectivity index (χ1v) is 7.41. The molecule has 1 amide bonds. The van der Waals surface area contributed by atoms with Crippen LogP contribution in [0.3, 0.4) is 0 Å². The zero-order valence-corrected chi connectivity index (χ0v) is 13.0. The van der Waals surface area contributed by atoms with Crippen molar-refractivity contribution in [3.8, 4) is 0 Å². The number of amides is 1. The number of hydrogen-bond acceptors (Lipinski definition) is 5. The zero-order valence-electron chi connectivity index (χ0n) is 13.0. The number of rotatable bonds is 4. The second kappa shape index (κ2) is 5.88. The van der Waals surface area contributed by atoms with E-state index in [9.17, 15) is 4.79 Å². The predicted octanol–water partition coefficient (Wildman–Crippen LogP) is 1.06. The van der Waals surface area contributed by atoms with Gasteiger partial charge in [0.1, 0.15) is 5.82 Å². The van der Waals surface area contributed by atoms with Gasteiger partial charge in [0.05, 0.1) is 18.2 Å². The summed E-state index contributed by atoms with van der Waals surface area (Å²) in [4.78, 5) is 12.5. The Balaban J connectivity index is 1.75. The summed E-state index contributed by atoms with van der Waals surface area (Å²) in [6, 6.07) is 0. The van der Waals surface area contributed by atoms with Crippen LogP contribution >= 0.6 is 0 Å². The Bertz CT molecular complexity index is 677. The minimum atomic E-state index is -0.255. The van der Waals surface area contributed by atoms with Gasteiger partial charge in [0, 0.05) is 32.0 Å². The lowest BCUT2D eigenvalue weighted by Crippen LogP contribution is -2.26. The molecule has 1 N–H and O–H groups in total. The molecule has 0 aliphatic carbocycles. The van der Waals surface area contributed by atoms with Crippen molar-refractivity contribution < 1.29 is 9.53 Å². The normalized spacial score (nSPS) is 21.2. The van der Waals surface area contributed by atoms with Crippen LogP contribution in [0.5, 0.6) is 0 Å². The summed E-state index contributed by atoms with van der Waals surface area (Å²) in [5.74, 6) is 0.866. The van der Waals surface area contributed by atoms with Crippen LogP contribution in [0.15, 0.2) is 12.4 Å². The Hall–Kier alpha value is -2.22. The molecule has 118 valence electrons. The maximum atomic E-state index is 12.5. The number of ether oxygens (including phenoxy) is 1. The van der Waals surface area contributed by atoms with Gasteiger partial charge < -0.3 is 9.30 Å². The summed E-state index contributed by atoms with van der Waals surface area (Å²) in [5.41, 5.74) is 0.939. The molecular weight excluding hydrogens is 284 g/mol. The molecule has 0 aromatic carbocycles. The van der Waals surface area contributed by atoms with Crippen molar-refractivity contribution >= 4 is 11.9 Å². The van der Waals surface area contributed by atoms with E-state index in [0.717, 1.165) is 17.9 Å². The number of nitrogens with one attached hydrogen (secondary N) is 1. The molecule has 1 aliphatic rings. The van der Waals surface area contributed by atoms with Gasteiger partial charge in [-0.05, 0) is 20.3 Å².